The van der Waals surface area contributed by atoms with Crippen LogP contribution in [-0.2, 0) is 0 Å². The minimum Gasteiger partial charge on any atom is -0.495 e. The topological polar surface area (TPSA) is 69.3 Å². The first-order valence-electron chi connectivity index (χ1n) is 11.6. The Labute approximate surface area is 216 Å². The van der Waals surface area contributed by atoms with Gasteiger partial charge in [0.15, 0.2) is 17.5 Å². The summed E-state index contributed by atoms with van der Waals surface area (Å²) in [7, 11) is 1.49. The van der Waals surface area contributed by atoms with Gasteiger partial charge >= 0.3 is 0 Å². The van der Waals surface area contributed by atoms with Gasteiger partial charge in [-0.2, -0.15) is 0 Å². The third-order valence-electron chi connectivity index (χ3n) is 6.13. The summed E-state index contributed by atoms with van der Waals surface area (Å²) in [6.07, 6.45) is 4.27. The van der Waals surface area contributed by atoms with Gasteiger partial charge in [-0.3, -0.25) is 4.79 Å². The maximum Gasteiger partial charge on any atom is 0.257 e. The van der Waals surface area contributed by atoms with E-state index >= 15 is 0 Å². The Balaban J connectivity index is 1.79. The molecule has 2 aromatic carbocycles. The van der Waals surface area contributed by atoms with Gasteiger partial charge in [0.25, 0.3) is 5.56 Å². The van der Waals surface area contributed by atoms with Crippen LogP contribution >= 0.6 is 11.6 Å². The highest BCUT2D eigenvalue weighted by Gasteiger charge is 2.24. The number of aliphatic hydroxyl groups excluding tert-OH is 1. The zero-order valence-corrected chi connectivity index (χ0v) is 21.1. The van der Waals surface area contributed by atoms with E-state index in [0.717, 1.165) is 17.8 Å². The van der Waals surface area contributed by atoms with Crippen molar-refractivity contribution in [3.05, 3.63) is 110 Å². The maximum absolute atomic E-state index is 14.0. The number of halogens is 4. The Morgan fingerprint density at radius 2 is 1.78 bits per heavy atom. The molecule has 2 atom stereocenters. The Hall–Kier alpha value is -3.56. The predicted octanol–water partition coefficient (Wildman–Crippen LogP) is 5.89. The number of rotatable bonds is 8. The van der Waals surface area contributed by atoms with Gasteiger partial charge in [-0.25, -0.2) is 18.2 Å². The highest BCUT2D eigenvalue weighted by molar-refractivity contribution is 6.30. The van der Waals surface area contributed by atoms with Gasteiger partial charge in [-0.15, -0.1) is 0 Å². The summed E-state index contributed by atoms with van der Waals surface area (Å²) in [5.41, 5.74) is 1.30. The predicted molar refractivity (Wildman–Crippen MR) is 134 cm³/mol. The molecule has 0 radical (unpaired) electrons. The Morgan fingerprint density at radius 1 is 1.08 bits per heavy atom. The molecule has 0 saturated carbocycles. The van der Waals surface area contributed by atoms with Gasteiger partial charge < -0.3 is 19.0 Å². The van der Waals surface area contributed by atoms with Crippen molar-refractivity contribution in [2.24, 2.45) is 0 Å². The standard InChI is InChI=1S/C27H25ClF3N3O3/c1-4-5-22(17-8-20(29)25(31)21(30)9-17)34-13-18(28)11-19(27(34)36)26(35)16-6-7-23(24(10-16)37-3)33-12-15(2)32-14-33/h6-14,22,26,35H,4-5H2,1-3H3. The normalized spacial score (nSPS) is 13.0. The van der Waals surface area contributed by atoms with E-state index in [1.54, 1.807) is 29.1 Å². The van der Waals surface area contributed by atoms with Crippen LogP contribution in [0.2, 0.25) is 5.02 Å². The van der Waals surface area contributed by atoms with Crippen molar-refractivity contribution in [2.75, 3.05) is 7.11 Å². The van der Waals surface area contributed by atoms with E-state index in [1.165, 1.54) is 23.9 Å². The third kappa shape index (κ3) is 5.28. The lowest BCUT2D eigenvalue weighted by atomic mass is 9.99. The van der Waals surface area contributed by atoms with E-state index in [4.69, 9.17) is 16.3 Å². The molecule has 194 valence electrons. The van der Waals surface area contributed by atoms with Crippen LogP contribution in [0.1, 0.15) is 54.3 Å². The van der Waals surface area contributed by atoms with E-state index < -0.39 is 35.2 Å². The summed E-state index contributed by atoms with van der Waals surface area (Å²) < 4.78 is 50.1. The molecule has 0 amide bonds. The Bertz CT molecular complexity index is 1480. The lowest BCUT2D eigenvalue weighted by Gasteiger charge is -2.23. The molecule has 0 spiro atoms. The molecule has 0 fully saturated rings. The minimum atomic E-state index is -1.59. The second kappa shape index (κ2) is 10.8. The molecule has 10 heteroatoms. The SMILES string of the molecule is CCCC(c1cc(F)c(F)c(F)c1)n1cc(Cl)cc(C(O)c2ccc(-n3cnc(C)c3)c(OC)c2)c1=O. The van der Waals surface area contributed by atoms with E-state index in [-0.39, 0.29) is 16.1 Å². The fraction of sp³-hybridized carbons (Fsp3) is 0.259. The van der Waals surface area contributed by atoms with Crippen molar-refractivity contribution < 1.29 is 23.0 Å². The van der Waals surface area contributed by atoms with Crippen LogP contribution in [0.25, 0.3) is 5.69 Å². The van der Waals surface area contributed by atoms with E-state index in [1.807, 2.05) is 20.0 Å². The molecule has 2 unspecified atom stereocenters. The number of aryl methyl sites for hydroxylation is 1. The van der Waals surface area contributed by atoms with Crippen molar-refractivity contribution in [1.29, 1.82) is 0 Å². The zero-order valence-electron chi connectivity index (χ0n) is 20.4. The minimum absolute atomic E-state index is 0.0371. The third-order valence-corrected chi connectivity index (χ3v) is 6.34. The average Bonchev–Trinajstić information content (AvgIpc) is 3.32. The van der Waals surface area contributed by atoms with E-state index in [0.29, 0.717) is 29.8 Å². The summed E-state index contributed by atoms with van der Waals surface area (Å²) in [4.78, 5) is 17.8. The van der Waals surface area contributed by atoms with Gasteiger partial charge in [0.2, 0.25) is 0 Å². The lowest BCUT2D eigenvalue weighted by Crippen LogP contribution is -2.29. The first kappa shape index (κ1) is 26.5. The lowest BCUT2D eigenvalue weighted by molar-refractivity contribution is 0.217. The van der Waals surface area contributed by atoms with Gasteiger partial charge in [0, 0.05) is 12.4 Å². The first-order chi connectivity index (χ1) is 17.6. The molecule has 6 nitrogen and oxygen atoms in total. The van der Waals surface area contributed by atoms with Gasteiger partial charge in [0.05, 0.1) is 41.4 Å². The molecular formula is C27H25ClF3N3O3. The number of imidazole rings is 1. The fourth-order valence-corrected chi connectivity index (χ4v) is 4.56. The van der Waals surface area contributed by atoms with Gasteiger partial charge in [0.1, 0.15) is 11.9 Å². The molecule has 37 heavy (non-hydrogen) atoms. The summed E-state index contributed by atoms with van der Waals surface area (Å²) in [6.45, 7) is 3.69. The summed E-state index contributed by atoms with van der Waals surface area (Å²) in [6, 6.07) is 7.22. The van der Waals surface area contributed by atoms with Crippen LogP contribution in [-0.4, -0.2) is 26.3 Å². The smallest absolute Gasteiger partial charge is 0.257 e. The van der Waals surface area contributed by atoms with Crippen molar-refractivity contribution in [1.82, 2.24) is 14.1 Å². The van der Waals surface area contributed by atoms with Crippen molar-refractivity contribution in [3.8, 4) is 11.4 Å². The largest absolute Gasteiger partial charge is 0.495 e. The molecule has 4 rings (SSSR count). The number of benzene rings is 2. The average molecular weight is 532 g/mol. The van der Waals surface area contributed by atoms with Crippen LogP contribution < -0.4 is 10.3 Å². The molecular weight excluding hydrogens is 507 g/mol. The molecule has 0 saturated heterocycles. The second-order valence-corrected chi connectivity index (χ2v) is 9.12. The summed E-state index contributed by atoms with van der Waals surface area (Å²) >= 11 is 6.33. The number of ether oxygens (including phenoxy) is 1. The molecule has 1 N–H and O–H groups in total. The number of pyridine rings is 1. The summed E-state index contributed by atoms with van der Waals surface area (Å²) in [5.74, 6) is -3.85. The highest BCUT2D eigenvalue weighted by Crippen LogP contribution is 2.31. The Morgan fingerprint density at radius 3 is 2.38 bits per heavy atom. The molecule has 4 aromatic rings. The Kier molecular flexibility index (Phi) is 7.75. The zero-order chi connectivity index (χ0) is 26.9. The number of nitrogens with zero attached hydrogens (tertiary/aromatic N) is 3. The maximum atomic E-state index is 14.0. The molecule has 0 bridgehead atoms. The number of hydrogen-bond acceptors (Lipinski definition) is 4. The van der Waals surface area contributed by atoms with Crippen LogP contribution in [0.4, 0.5) is 13.2 Å². The summed E-state index contributed by atoms with van der Waals surface area (Å²) in [5, 5.41) is 11.3. The highest BCUT2D eigenvalue weighted by atomic mass is 35.5. The van der Waals surface area contributed by atoms with Crippen LogP contribution in [0.3, 0.4) is 0 Å². The van der Waals surface area contributed by atoms with E-state index in [2.05, 4.69) is 4.98 Å². The van der Waals surface area contributed by atoms with Gasteiger partial charge in [-0.1, -0.05) is 31.0 Å². The number of methoxy groups -OCH3 is 1. The van der Waals surface area contributed by atoms with Crippen molar-refractivity contribution >= 4 is 11.6 Å². The quantitative estimate of drug-likeness (QED) is 0.288. The van der Waals surface area contributed by atoms with Crippen LogP contribution in [0, 0.1) is 24.4 Å². The van der Waals surface area contributed by atoms with Crippen molar-refractivity contribution in [3.63, 3.8) is 0 Å². The second-order valence-electron chi connectivity index (χ2n) is 8.69. The van der Waals surface area contributed by atoms with Gasteiger partial charge in [-0.05, 0) is 54.8 Å². The van der Waals surface area contributed by atoms with E-state index in [9.17, 15) is 23.1 Å². The fourth-order valence-electron chi connectivity index (χ4n) is 4.33. The molecule has 0 aliphatic rings. The van der Waals surface area contributed by atoms with Crippen molar-refractivity contribution in [2.45, 2.75) is 38.8 Å². The number of aliphatic hydroxyl groups is 1. The molecule has 0 aliphatic carbocycles. The molecule has 2 aromatic heterocycles. The monoisotopic (exact) mass is 531 g/mol. The molecule has 0 aliphatic heterocycles. The first-order valence-corrected chi connectivity index (χ1v) is 11.9. The number of hydrogen-bond donors (Lipinski definition) is 1. The van der Waals surface area contributed by atoms with Crippen LogP contribution in [0.15, 0.2) is 59.9 Å². The number of aromatic nitrogens is 3. The molecule has 2 heterocycles. The van der Waals surface area contributed by atoms with Crippen LogP contribution in [0.5, 0.6) is 5.75 Å².